The first-order chi connectivity index (χ1) is 9.87. The van der Waals surface area contributed by atoms with Crippen LogP contribution in [0, 0.1) is 0 Å². The smallest absolute Gasteiger partial charge is 0.245 e. The summed E-state index contributed by atoms with van der Waals surface area (Å²) in [4.78, 5) is 13.6. The van der Waals surface area contributed by atoms with E-state index in [1.807, 2.05) is 24.3 Å². The maximum atomic E-state index is 12.8. The highest BCUT2D eigenvalue weighted by molar-refractivity contribution is 6.31. The molecule has 1 aliphatic rings. The maximum absolute atomic E-state index is 12.8. The van der Waals surface area contributed by atoms with Crippen LogP contribution < -0.4 is 0 Å². The minimum Gasteiger partial charge on any atom is -0.343 e. The van der Waals surface area contributed by atoms with Gasteiger partial charge in [0.2, 0.25) is 11.8 Å². The Morgan fingerprint density at radius 2 is 1.95 bits per heavy atom. The van der Waals surface area contributed by atoms with Gasteiger partial charge in [0.15, 0.2) is 0 Å². The predicted octanol–water partition coefficient (Wildman–Crippen LogP) is 4.48. The van der Waals surface area contributed by atoms with Crippen molar-refractivity contribution in [1.82, 2.24) is 4.90 Å². The molecular formula is C16H20ClF2NO. The monoisotopic (exact) mass is 315 g/mol. The number of hydrogen-bond donors (Lipinski definition) is 0. The molecule has 1 heterocycles. The quantitative estimate of drug-likeness (QED) is 0.802. The van der Waals surface area contributed by atoms with Crippen molar-refractivity contribution in [1.29, 1.82) is 0 Å². The third kappa shape index (κ3) is 4.67. The summed E-state index contributed by atoms with van der Waals surface area (Å²) in [5.41, 5.74) is 1.12. The van der Waals surface area contributed by atoms with Gasteiger partial charge in [0.05, 0.1) is 0 Å². The van der Waals surface area contributed by atoms with Crippen molar-refractivity contribution in [2.24, 2.45) is 0 Å². The molecule has 0 spiro atoms. The Hall–Kier alpha value is -1.16. The van der Waals surface area contributed by atoms with Crippen LogP contribution in [0.3, 0.4) is 0 Å². The predicted molar refractivity (Wildman–Crippen MR) is 79.9 cm³/mol. The van der Waals surface area contributed by atoms with Crippen LogP contribution in [0.5, 0.6) is 0 Å². The molecule has 116 valence electrons. The zero-order valence-corrected chi connectivity index (χ0v) is 12.9. The lowest BCUT2D eigenvalue weighted by molar-refractivity contribution is -0.134. The largest absolute Gasteiger partial charge is 0.343 e. The van der Waals surface area contributed by atoms with E-state index in [0.717, 1.165) is 30.4 Å². The van der Waals surface area contributed by atoms with Crippen molar-refractivity contribution in [3.63, 3.8) is 0 Å². The third-order valence-corrected chi connectivity index (χ3v) is 4.31. The highest BCUT2D eigenvalue weighted by Crippen LogP contribution is 2.33. The van der Waals surface area contributed by atoms with Gasteiger partial charge in [-0.3, -0.25) is 4.79 Å². The van der Waals surface area contributed by atoms with Crippen LogP contribution >= 0.6 is 11.6 Å². The van der Waals surface area contributed by atoms with Gasteiger partial charge in [0.1, 0.15) is 0 Å². The number of amides is 1. The van der Waals surface area contributed by atoms with Crippen LogP contribution in [0.4, 0.5) is 8.78 Å². The molecular weight excluding hydrogens is 296 g/mol. The van der Waals surface area contributed by atoms with E-state index in [-0.39, 0.29) is 18.7 Å². The fourth-order valence-corrected chi connectivity index (χ4v) is 3.02. The highest BCUT2D eigenvalue weighted by Gasteiger charge is 2.27. The summed E-state index contributed by atoms with van der Waals surface area (Å²) < 4.78 is 25.6. The first-order valence-corrected chi connectivity index (χ1v) is 7.64. The average molecular weight is 316 g/mol. The van der Waals surface area contributed by atoms with Gasteiger partial charge in [-0.1, -0.05) is 29.8 Å². The fraction of sp³-hybridized carbons (Fsp3) is 0.562. The number of carbonyl (C=O) groups is 1. The molecule has 1 aliphatic heterocycles. The SMILES string of the molecule is CC(F)(F)CCC(=O)N1CCC(c2ccccc2Cl)CC1. The molecule has 21 heavy (non-hydrogen) atoms. The minimum absolute atomic E-state index is 0.0831. The van der Waals surface area contributed by atoms with E-state index in [9.17, 15) is 13.6 Å². The summed E-state index contributed by atoms with van der Waals surface area (Å²) in [6.45, 7) is 2.08. The zero-order chi connectivity index (χ0) is 15.5. The van der Waals surface area contributed by atoms with Gasteiger partial charge >= 0.3 is 0 Å². The molecule has 0 radical (unpaired) electrons. The summed E-state index contributed by atoms with van der Waals surface area (Å²) in [6, 6.07) is 7.75. The van der Waals surface area contributed by atoms with Crippen molar-refractivity contribution in [2.75, 3.05) is 13.1 Å². The number of hydrogen-bond acceptors (Lipinski definition) is 1. The molecule has 0 aromatic heterocycles. The number of nitrogens with zero attached hydrogens (tertiary/aromatic N) is 1. The van der Waals surface area contributed by atoms with Gasteiger partial charge in [-0.2, -0.15) is 0 Å². The van der Waals surface area contributed by atoms with E-state index in [2.05, 4.69) is 0 Å². The molecule has 2 nitrogen and oxygen atoms in total. The molecule has 1 saturated heterocycles. The standard InChI is InChI=1S/C16H20ClF2NO/c1-16(18,19)9-6-15(21)20-10-7-12(8-11-20)13-4-2-3-5-14(13)17/h2-5,12H,6-11H2,1H3. The molecule has 0 N–H and O–H groups in total. The molecule has 5 heteroatoms. The van der Waals surface area contributed by atoms with E-state index >= 15 is 0 Å². The molecule has 0 aliphatic carbocycles. The Bertz CT molecular complexity index is 493. The van der Waals surface area contributed by atoms with Crippen molar-refractivity contribution in [3.05, 3.63) is 34.9 Å². The van der Waals surface area contributed by atoms with E-state index in [4.69, 9.17) is 11.6 Å². The Morgan fingerprint density at radius 1 is 1.33 bits per heavy atom. The first-order valence-electron chi connectivity index (χ1n) is 7.27. The van der Waals surface area contributed by atoms with Gasteiger partial charge in [-0.05, 0) is 37.3 Å². The highest BCUT2D eigenvalue weighted by atomic mass is 35.5. The molecule has 0 unspecified atom stereocenters. The normalized spacial score (nSPS) is 17.0. The summed E-state index contributed by atoms with van der Waals surface area (Å²) in [5, 5.41) is 0.757. The topological polar surface area (TPSA) is 20.3 Å². The van der Waals surface area contributed by atoms with Gasteiger partial charge in [0, 0.05) is 31.0 Å². The Morgan fingerprint density at radius 3 is 2.52 bits per heavy atom. The van der Waals surface area contributed by atoms with E-state index in [1.165, 1.54) is 0 Å². The number of carbonyl (C=O) groups excluding carboxylic acids is 1. The summed E-state index contributed by atoms with van der Waals surface area (Å²) in [5.74, 6) is -2.60. The van der Waals surface area contributed by atoms with Gasteiger partial charge in [0.25, 0.3) is 0 Å². The summed E-state index contributed by atoms with van der Waals surface area (Å²) >= 11 is 6.19. The van der Waals surface area contributed by atoms with Crippen LogP contribution in [0.2, 0.25) is 5.02 Å². The van der Waals surface area contributed by atoms with Crippen molar-refractivity contribution in [2.45, 2.75) is 44.4 Å². The molecule has 0 bridgehead atoms. The maximum Gasteiger partial charge on any atom is 0.245 e. The molecule has 1 amide bonds. The van der Waals surface area contributed by atoms with Gasteiger partial charge in [-0.15, -0.1) is 0 Å². The molecule has 1 aromatic carbocycles. The van der Waals surface area contributed by atoms with Crippen LogP contribution in [0.1, 0.15) is 44.1 Å². The number of benzene rings is 1. The number of halogens is 3. The third-order valence-electron chi connectivity index (χ3n) is 3.97. The van der Waals surface area contributed by atoms with E-state index < -0.39 is 5.92 Å². The van der Waals surface area contributed by atoms with E-state index in [1.54, 1.807) is 4.90 Å². The molecule has 0 saturated carbocycles. The fourth-order valence-electron chi connectivity index (χ4n) is 2.73. The number of alkyl halides is 2. The number of piperidine rings is 1. The Labute approximate surface area is 129 Å². The summed E-state index contributed by atoms with van der Waals surface area (Å²) in [6.07, 6.45) is 1.20. The zero-order valence-electron chi connectivity index (χ0n) is 12.1. The van der Waals surface area contributed by atoms with Gasteiger partial charge in [-0.25, -0.2) is 8.78 Å². The molecule has 0 atom stereocenters. The number of rotatable bonds is 4. The number of likely N-dealkylation sites (tertiary alicyclic amines) is 1. The second kappa shape index (κ2) is 6.73. The molecule has 1 aromatic rings. The molecule has 1 fully saturated rings. The first kappa shape index (κ1) is 16.2. The average Bonchev–Trinajstić information content (AvgIpc) is 2.45. The van der Waals surface area contributed by atoms with Crippen molar-refractivity contribution in [3.8, 4) is 0 Å². The van der Waals surface area contributed by atoms with Crippen LogP contribution in [0.15, 0.2) is 24.3 Å². The van der Waals surface area contributed by atoms with Crippen molar-refractivity contribution >= 4 is 17.5 Å². The molecule has 2 rings (SSSR count). The van der Waals surface area contributed by atoms with Crippen molar-refractivity contribution < 1.29 is 13.6 Å². The van der Waals surface area contributed by atoms with Gasteiger partial charge < -0.3 is 4.90 Å². The lowest BCUT2D eigenvalue weighted by Gasteiger charge is -2.33. The van der Waals surface area contributed by atoms with Crippen LogP contribution in [-0.2, 0) is 4.79 Å². The lowest BCUT2D eigenvalue weighted by Crippen LogP contribution is -2.38. The van der Waals surface area contributed by atoms with Crippen LogP contribution in [-0.4, -0.2) is 29.8 Å². The minimum atomic E-state index is -2.77. The second-order valence-corrected chi connectivity index (χ2v) is 6.15. The van der Waals surface area contributed by atoms with Crippen LogP contribution in [0.25, 0.3) is 0 Å². The Kier molecular flexibility index (Phi) is 5.20. The lowest BCUT2D eigenvalue weighted by atomic mass is 9.89. The van der Waals surface area contributed by atoms with E-state index in [0.29, 0.717) is 19.0 Å². The Balaban J connectivity index is 1.86. The summed E-state index contributed by atoms with van der Waals surface area (Å²) in [7, 11) is 0. The second-order valence-electron chi connectivity index (χ2n) is 5.75.